The van der Waals surface area contributed by atoms with Crippen LogP contribution in [-0.4, -0.2) is 17.6 Å². The largest absolute Gasteiger partial charge is 0.481 e. The van der Waals surface area contributed by atoms with E-state index in [-0.39, 0.29) is 23.5 Å². The summed E-state index contributed by atoms with van der Waals surface area (Å²) in [5.74, 6) is -0.773. The second-order valence-corrected chi connectivity index (χ2v) is 1.29. The molecule has 0 saturated carbocycles. The first kappa shape index (κ1) is 10.8. The number of carboxylic acids is 1. The first-order chi connectivity index (χ1) is 3.27. The molecule has 3 N–H and O–H groups in total. The molecule has 0 unspecified atom stereocenters. The van der Waals surface area contributed by atoms with Gasteiger partial charge >= 0.3 is 5.97 Å². The Morgan fingerprint density at radius 2 is 2.12 bits per heavy atom. The number of hydrogen-bond acceptors (Lipinski definition) is 2. The summed E-state index contributed by atoms with van der Waals surface area (Å²) >= 11 is 0. The zero-order valence-electron chi connectivity index (χ0n) is 4.36. The van der Waals surface area contributed by atoms with Gasteiger partial charge in [-0.3, -0.25) is 4.79 Å². The maximum atomic E-state index is 9.70. The van der Waals surface area contributed by atoms with Gasteiger partial charge < -0.3 is 10.8 Å². The molecule has 3 nitrogen and oxygen atoms in total. The van der Waals surface area contributed by atoms with Crippen LogP contribution < -0.4 is 5.73 Å². The second kappa shape index (κ2) is 6.95. The Hall–Kier alpha value is -0.0505. The molecule has 0 heterocycles. The predicted molar refractivity (Wildman–Crippen MR) is 25.9 cm³/mol. The average molecular weight is 167 g/mol. The SMILES string of the molecule is NCCCC(=O)O.[Cu]. The van der Waals surface area contributed by atoms with Crippen molar-refractivity contribution in [2.75, 3.05) is 6.54 Å². The fourth-order valence-electron chi connectivity index (χ4n) is 0.253. The Balaban J connectivity index is 0. The molecule has 53 valence electrons. The van der Waals surface area contributed by atoms with Gasteiger partial charge in [-0.1, -0.05) is 0 Å². The molecule has 8 heavy (non-hydrogen) atoms. The van der Waals surface area contributed by atoms with E-state index in [1.807, 2.05) is 0 Å². The van der Waals surface area contributed by atoms with Crippen LogP contribution in [0.5, 0.6) is 0 Å². The van der Waals surface area contributed by atoms with E-state index >= 15 is 0 Å². The van der Waals surface area contributed by atoms with E-state index in [0.29, 0.717) is 13.0 Å². The molecule has 0 aromatic heterocycles. The van der Waals surface area contributed by atoms with Crippen LogP contribution >= 0.6 is 0 Å². The standard InChI is InChI=1S/C4H9NO2.Cu/c5-3-1-2-4(6)7;/h1-3,5H2,(H,6,7);. The number of hydrogen-bond donors (Lipinski definition) is 2. The predicted octanol–water partition coefficient (Wildman–Crippen LogP) is -0.193. The van der Waals surface area contributed by atoms with Gasteiger partial charge in [-0.05, 0) is 13.0 Å². The maximum absolute atomic E-state index is 9.70. The van der Waals surface area contributed by atoms with Gasteiger partial charge in [0.25, 0.3) is 0 Å². The van der Waals surface area contributed by atoms with E-state index in [2.05, 4.69) is 0 Å². The van der Waals surface area contributed by atoms with Crippen molar-refractivity contribution >= 4 is 5.97 Å². The van der Waals surface area contributed by atoms with Crippen LogP contribution in [-0.2, 0) is 21.9 Å². The number of aliphatic carboxylic acids is 1. The van der Waals surface area contributed by atoms with Crippen LogP contribution in [0.4, 0.5) is 0 Å². The molecule has 0 aliphatic rings. The molecule has 0 aliphatic carbocycles. The summed E-state index contributed by atoms with van der Waals surface area (Å²) in [6, 6.07) is 0. The third-order valence-electron chi connectivity index (χ3n) is 0.595. The van der Waals surface area contributed by atoms with Gasteiger partial charge in [-0.25, -0.2) is 0 Å². The first-order valence-corrected chi connectivity index (χ1v) is 2.19. The molecular weight excluding hydrogens is 158 g/mol. The summed E-state index contributed by atoms with van der Waals surface area (Å²) in [5.41, 5.74) is 5.01. The minimum absolute atomic E-state index is 0. The zero-order chi connectivity index (χ0) is 5.70. The molecule has 0 aromatic carbocycles. The van der Waals surface area contributed by atoms with E-state index in [0.717, 1.165) is 0 Å². The normalized spacial score (nSPS) is 7.62. The van der Waals surface area contributed by atoms with E-state index < -0.39 is 5.97 Å². The summed E-state index contributed by atoms with van der Waals surface area (Å²) in [4.78, 5) is 9.70. The van der Waals surface area contributed by atoms with Crippen LogP contribution in [0.2, 0.25) is 0 Å². The third-order valence-corrected chi connectivity index (χ3v) is 0.595. The Morgan fingerprint density at radius 1 is 1.62 bits per heavy atom. The monoisotopic (exact) mass is 166 g/mol. The van der Waals surface area contributed by atoms with E-state index in [1.165, 1.54) is 0 Å². The fraction of sp³-hybridized carbons (Fsp3) is 0.750. The van der Waals surface area contributed by atoms with Crippen molar-refractivity contribution < 1.29 is 27.0 Å². The van der Waals surface area contributed by atoms with Gasteiger partial charge in [0.2, 0.25) is 0 Å². The molecule has 0 spiro atoms. The Morgan fingerprint density at radius 3 is 2.25 bits per heavy atom. The zero-order valence-corrected chi connectivity index (χ0v) is 5.30. The Bertz CT molecular complexity index is 67.1. The van der Waals surface area contributed by atoms with E-state index in [9.17, 15) is 4.79 Å². The molecule has 1 radical (unpaired) electrons. The number of carbonyl (C=O) groups is 1. The van der Waals surface area contributed by atoms with Crippen molar-refractivity contribution in [1.82, 2.24) is 0 Å². The second-order valence-electron chi connectivity index (χ2n) is 1.29. The van der Waals surface area contributed by atoms with Crippen molar-refractivity contribution in [2.45, 2.75) is 12.8 Å². The van der Waals surface area contributed by atoms with Crippen LogP contribution in [0.25, 0.3) is 0 Å². The number of carboxylic acid groups (broad SMARTS) is 1. The summed E-state index contributed by atoms with van der Waals surface area (Å²) in [5, 5.41) is 7.99. The number of rotatable bonds is 3. The molecule has 0 bridgehead atoms. The van der Waals surface area contributed by atoms with Crippen LogP contribution in [0.1, 0.15) is 12.8 Å². The minimum Gasteiger partial charge on any atom is -0.481 e. The van der Waals surface area contributed by atoms with Crippen LogP contribution in [0, 0.1) is 0 Å². The smallest absolute Gasteiger partial charge is 0.303 e. The summed E-state index contributed by atoms with van der Waals surface area (Å²) in [6.45, 7) is 0.465. The van der Waals surface area contributed by atoms with Crippen molar-refractivity contribution in [3.8, 4) is 0 Å². The van der Waals surface area contributed by atoms with Crippen molar-refractivity contribution in [3.63, 3.8) is 0 Å². The van der Waals surface area contributed by atoms with E-state index in [4.69, 9.17) is 10.8 Å². The van der Waals surface area contributed by atoms with Gasteiger partial charge in [0, 0.05) is 23.5 Å². The topological polar surface area (TPSA) is 63.3 Å². The molecular formula is C4H9CuNO2. The van der Waals surface area contributed by atoms with Crippen LogP contribution in [0.15, 0.2) is 0 Å². The van der Waals surface area contributed by atoms with Gasteiger partial charge in [-0.2, -0.15) is 0 Å². The summed E-state index contributed by atoms with van der Waals surface area (Å²) < 4.78 is 0. The maximum Gasteiger partial charge on any atom is 0.303 e. The molecule has 0 rings (SSSR count). The van der Waals surface area contributed by atoms with Gasteiger partial charge in [-0.15, -0.1) is 0 Å². The Kier molecular flexibility index (Phi) is 9.42. The molecule has 0 fully saturated rings. The van der Waals surface area contributed by atoms with Gasteiger partial charge in [0.05, 0.1) is 0 Å². The molecule has 0 saturated heterocycles. The summed E-state index contributed by atoms with van der Waals surface area (Å²) in [7, 11) is 0. The van der Waals surface area contributed by atoms with Crippen molar-refractivity contribution in [2.24, 2.45) is 5.73 Å². The quantitative estimate of drug-likeness (QED) is 0.572. The van der Waals surface area contributed by atoms with Crippen molar-refractivity contribution in [1.29, 1.82) is 0 Å². The molecule has 0 amide bonds. The van der Waals surface area contributed by atoms with Gasteiger partial charge in [0.15, 0.2) is 0 Å². The minimum atomic E-state index is -0.773. The average Bonchev–Trinajstić information content (AvgIpc) is 1.61. The Labute approximate surface area is 58.7 Å². The molecule has 4 heteroatoms. The third kappa shape index (κ3) is 9.34. The van der Waals surface area contributed by atoms with Crippen LogP contribution in [0.3, 0.4) is 0 Å². The van der Waals surface area contributed by atoms with Gasteiger partial charge in [0.1, 0.15) is 0 Å². The molecule has 0 aliphatic heterocycles. The van der Waals surface area contributed by atoms with E-state index in [1.54, 1.807) is 0 Å². The summed E-state index contributed by atoms with van der Waals surface area (Å²) in [6.07, 6.45) is 0.770. The first-order valence-electron chi connectivity index (χ1n) is 2.19. The fourth-order valence-corrected chi connectivity index (χ4v) is 0.253. The molecule has 0 aromatic rings. The molecule has 0 atom stereocenters. The van der Waals surface area contributed by atoms with Crippen molar-refractivity contribution in [3.05, 3.63) is 0 Å². The number of nitrogens with two attached hydrogens (primary N) is 1.